The molecular formula is C38H55ClFN5O7S. The first-order valence-corrected chi connectivity index (χ1v) is 19.8. The minimum atomic E-state index is -4.31. The highest BCUT2D eigenvalue weighted by Gasteiger charge is 2.40. The second-order valence-electron chi connectivity index (χ2n) is 15.3. The number of aromatic nitrogens is 2. The van der Waals surface area contributed by atoms with Crippen molar-refractivity contribution in [2.75, 3.05) is 23.8 Å². The van der Waals surface area contributed by atoms with Crippen LogP contribution < -0.4 is 20.7 Å². The van der Waals surface area contributed by atoms with E-state index in [0.717, 1.165) is 31.9 Å². The fourth-order valence-corrected chi connectivity index (χ4v) is 7.37. The van der Waals surface area contributed by atoms with Gasteiger partial charge in [0.05, 0.1) is 35.1 Å². The minimum absolute atomic E-state index is 0. The Labute approximate surface area is 319 Å². The van der Waals surface area contributed by atoms with Crippen molar-refractivity contribution in [2.45, 2.75) is 128 Å². The summed E-state index contributed by atoms with van der Waals surface area (Å²) in [5.74, 6) is -1.69. The number of halogens is 2. The summed E-state index contributed by atoms with van der Waals surface area (Å²) in [6.45, 7) is 11.8. The molecule has 0 saturated heterocycles. The van der Waals surface area contributed by atoms with Crippen LogP contribution in [-0.2, 0) is 31.3 Å². The molecule has 1 atom stereocenters. The van der Waals surface area contributed by atoms with E-state index in [1.54, 1.807) is 45.0 Å². The third-order valence-electron chi connectivity index (χ3n) is 8.49. The lowest BCUT2D eigenvalue weighted by molar-refractivity contribution is -0.120. The van der Waals surface area contributed by atoms with Crippen LogP contribution >= 0.6 is 12.4 Å². The number of nitrogens with zero attached hydrogens (tertiary/aromatic N) is 3. The standard InChI is InChI=1S/C38H54FN5O7S.ClH/c1-37(2,3)35-43-42-33(50-35)28-22-31-32(23-29(28)39)52(47,48)25-30(41-36(46)51-38(4,5)6)34(45)44(31)24-26-16-18-27(19-17-26)49-21-15-13-11-9-7-8-10-12-14-20-40;/h16-19,22-23,30H,7-15,20-21,24-25,40H2,1-6H3,(H,41,46);1H/t30-;/m0./s1. The first-order chi connectivity index (χ1) is 24.5. The number of sulfone groups is 1. The third kappa shape index (κ3) is 12.7. The largest absolute Gasteiger partial charge is 0.494 e. The van der Waals surface area contributed by atoms with Crippen molar-refractivity contribution in [3.05, 3.63) is 53.7 Å². The molecule has 15 heteroatoms. The van der Waals surface area contributed by atoms with Crippen LogP contribution in [-0.4, -0.2) is 61.2 Å². The SMILES string of the molecule is CC(C)(C)OC(=O)N[C@H]1CS(=O)(=O)c2cc(F)c(-c3nnc(C(C)(C)C)o3)cc2N(Cc2ccc(OCCCCCCCCCCCN)cc2)C1=O.Cl. The molecule has 0 fully saturated rings. The fraction of sp³-hybridized carbons (Fsp3) is 0.579. The molecule has 1 aromatic heterocycles. The highest BCUT2D eigenvalue weighted by Crippen LogP contribution is 2.38. The highest BCUT2D eigenvalue weighted by molar-refractivity contribution is 7.91. The molecule has 0 bridgehead atoms. The molecule has 3 aromatic rings. The molecule has 12 nitrogen and oxygen atoms in total. The lowest BCUT2D eigenvalue weighted by Crippen LogP contribution is -2.51. The van der Waals surface area contributed by atoms with Crippen LogP contribution in [0.2, 0.25) is 0 Å². The number of hydrogen-bond donors (Lipinski definition) is 2. The molecule has 3 N–H and O–H groups in total. The first kappa shape index (κ1) is 43.7. The summed E-state index contributed by atoms with van der Waals surface area (Å²) >= 11 is 0. The van der Waals surface area contributed by atoms with Crippen molar-refractivity contribution in [3.8, 4) is 17.2 Å². The van der Waals surface area contributed by atoms with Gasteiger partial charge < -0.3 is 29.8 Å². The molecule has 1 aliphatic heterocycles. The molecule has 1 aliphatic rings. The maximum absolute atomic E-state index is 15.7. The van der Waals surface area contributed by atoms with Crippen LogP contribution in [0.4, 0.5) is 14.9 Å². The highest BCUT2D eigenvalue weighted by atomic mass is 35.5. The third-order valence-corrected chi connectivity index (χ3v) is 10.3. The average Bonchev–Trinajstić information content (AvgIpc) is 3.54. The molecule has 2 heterocycles. The number of anilines is 1. The molecule has 0 radical (unpaired) electrons. The van der Waals surface area contributed by atoms with Gasteiger partial charge in [0, 0.05) is 5.41 Å². The van der Waals surface area contributed by atoms with Gasteiger partial charge in [0.15, 0.2) is 9.84 Å². The number of rotatable bonds is 16. The zero-order chi connectivity index (χ0) is 38.1. The Morgan fingerprint density at radius 3 is 2.13 bits per heavy atom. The van der Waals surface area contributed by atoms with Crippen LogP contribution in [0.25, 0.3) is 11.5 Å². The lowest BCUT2D eigenvalue weighted by atomic mass is 9.97. The minimum Gasteiger partial charge on any atom is -0.494 e. The number of nitrogens with two attached hydrogens (primary N) is 1. The molecule has 0 saturated carbocycles. The molecule has 0 aliphatic carbocycles. The monoisotopic (exact) mass is 779 g/mol. The van der Waals surface area contributed by atoms with Gasteiger partial charge in [0.25, 0.3) is 11.8 Å². The number of ether oxygens (including phenoxy) is 2. The Kier molecular flexibility index (Phi) is 15.7. The van der Waals surface area contributed by atoms with Crippen LogP contribution in [0.15, 0.2) is 45.7 Å². The zero-order valence-electron chi connectivity index (χ0n) is 31.7. The number of amides is 2. The van der Waals surface area contributed by atoms with Crippen molar-refractivity contribution in [1.82, 2.24) is 15.5 Å². The van der Waals surface area contributed by atoms with Crippen molar-refractivity contribution in [1.29, 1.82) is 0 Å². The fourth-order valence-electron chi connectivity index (χ4n) is 5.75. The van der Waals surface area contributed by atoms with Gasteiger partial charge in [0.2, 0.25) is 5.89 Å². The van der Waals surface area contributed by atoms with Crippen molar-refractivity contribution < 1.29 is 36.3 Å². The summed E-state index contributed by atoms with van der Waals surface area (Å²) in [6, 6.07) is 7.70. The number of benzene rings is 2. The van der Waals surface area contributed by atoms with Gasteiger partial charge in [-0.25, -0.2) is 17.6 Å². The van der Waals surface area contributed by atoms with E-state index in [4.69, 9.17) is 19.6 Å². The Morgan fingerprint density at radius 2 is 1.57 bits per heavy atom. The predicted octanol–water partition coefficient (Wildman–Crippen LogP) is 7.66. The maximum atomic E-state index is 15.7. The van der Waals surface area contributed by atoms with E-state index >= 15 is 4.39 Å². The van der Waals surface area contributed by atoms with Crippen molar-refractivity contribution >= 4 is 39.9 Å². The van der Waals surface area contributed by atoms with Gasteiger partial charge in [-0.15, -0.1) is 22.6 Å². The summed E-state index contributed by atoms with van der Waals surface area (Å²) in [6.07, 6.45) is 9.49. The van der Waals surface area contributed by atoms with E-state index in [9.17, 15) is 18.0 Å². The van der Waals surface area contributed by atoms with E-state index in [1.165, 1.54) is 49.5 Å². The molecule has 53 heavy (non-hydrogen) atoms. The number of nitrogens with one attached hydrogen (secondary N) is 1. The normalized spacial score (nSPS) is 15.7. The average molecular weight is 780 g/mol. The number of unbranched alkanes of at least 4 members (excludes halogenated alkanes) is 8. The van der Waals surface area contributed by atoms with E-state index in [0.29, 0.717) is 17.9 Å². The summed E-state index contributed by atoms with van der Waals surface area (Å²) in [5.41, 5.74) is 4.52. The Morgan fingerprint density at radius 1 is 0.962 bits per heavy atom. The molecule has 0 unspecified atom stereocenters. The summed E-state index contributed by atoms with van der Waals surface area (Å²) in [7, 11) is -4.31. The molecule has 0 spiro atoms. The van der Waals surface area contributed by atoms with Crippen molar-refractivity contribution in [2.24, 2.45) is 5.73 Å². The van der Waals surface area contributed by atoms with Gasteiger partial charge in [-0.1, -0.05) is 77.8 Å². The van der Waals surface area contributed by atoms with E-state index in [2.05, 4.69) is 15.5 Å². The first-order valence-electron chi connectivity index (χ1n) is 18.1. The van der Waals surface area contributed by atoms with E-state index < -0.39 is 55.4 Å². The Bertz CT molecular complexity index is 1770. The van der Waals surface area contributed by atoms with E-state index in [1.807, 2.05) is 20.8 Å². The van der Waals surface area contributed by atoms with Crippen LogP contribution in [0.3, 0.4) is 0 Å². The Balaban J connectivity index is 0.00000756. The number of carbonyl (C=O) groups is 2. The number of carbonyl (C=O) groups excluding carboxylic acids is 2. The van der Waals surface area contributed by atoms with Crippen LogP contribution in [0, 0.1) is 5.82 Å². The molecule has 4 rings (SSSR count). The topological polar surface area (TPSA) is 167 Å². The molecule has 2 aromatic carbocycles. The van der Waals surface area contributed by atoms with Gasteiger partial charge >= 0.3 is 6.09 Å². The summed E-state index contributed by atoms with van der Waals surface area (Å²) in [5, 5.41) is 10.5. The van der Waals surface area contributed by atoms with Crippen LogP contribution in [0.1, 0.15) is 111 Å². The summed E-state index contributed by atoms with van der Waals surface area (Å²) < 4.78 is 60.2. The van der Waals surface area contributed by atoms with Crippen molar-refractivity contribution in [3.63, 3.8) is 0 Å². The molecular weight excluding hydrogens is 725 g/mol. The smallest absolute Gasteiger partial charge is 0.408 e. The van der Waals surface area contributed by atoms with Crippen LogP contribution in [0.5, 0.6) is 5.75 Å². The van der Waals surface area contributed by atoms with Gasteiger partial charge in [-0.3, -0.25) is 4.79 Å². The zero-order valence-corrected chi connectivity index (χ0v) is 33.3. The molecule has 2 amide bonds. The van der Waals surface area contributed by atoms with Gasteiger partial charge in [0.1, 0.15) is 23.2 Å². The lowest BCUT2D eigenvalue weighted by Gasteiger charge is -2.27. The summed E-state index contributed by atoms with van der Waals surface area (Å²) in [4.78, 5) is 27.8. The maximum Gasteiger partial charge on any atom is 0.408 e. The second kappa shape index (κ2) is 19.0. The quantitative estimate of drug-likeness (QED) is 0.138. The predicted molar refractivity (Wildman–Crippen MR) is 205 cm³/mol. The Hall–Kier alpha value is -3.75. The second-order valence-corrected chi connectivity index (χ2v) is 17.3. The van der Waals surface area contributed by atoms with Gasteiger partial charge in [-0.05, 0) is 70.0 Å². The number of alkyl carbamates (subject to hydrolysis) is 1. The van der Waals surface area contributed by atoms with Gasteiger partial charge in [-0.2, -0.15) is 0 Å². The number of fused-ring (bicyclic) bond motifs is 1. The number of hydrogen-bond acceptors (Lipinski definition) is 10. The molecule has 294 valence electrons. The van der Waals surface area contributed by atoms with E-state index in [-0.39, 0.29) is 42.0 Å².